The van der Waals surface area contributed by atoms with Crippen molar-refractivity contribution in [3.05, 3.63) is 59.7 Å². The van der Waals surface area contributed by atoms with E-state index in [-0.39, 0.29) is 18.4 Å². The molecule has 0 saturated carbocycles. The molecule has 2 aromatic rings. The van der Waals surface area contributed by atoms with Crippen LogP contribution in [0.15, 0.2) is 48.5 Å². The smallest absolute Gasteiger partial charge is 0.241 e. The largest absolute Gasteiger partial charge is 0.371 e. The van der Waals surface area contributed by atoms with Crippen LogP contribution in [0, 0.1) is 5.92 Å². The van der Waals surface area contributed by atoms with Gasteiger partial charge in [-0.15, -0.1) is 0 Å². The van der Waals surface area contributed by atoms with Crippen LogP contribution >= 0.6 is 0 Å². The summed E-state index contributed by atoms with van der Waals surface area (Å²) < 4.78 is 26.1. The summed E-state index contributed by atoms with van der Waals surface area (Å²) in [5.74, 6) is 0.518. The summed E-state index contributed by atoms with van der Waals surface area (Å²) in [5.41, 5.74) is 3.65. The van der Waals surface area contributed by atoms with Gasteiger partial charge in [-0.25, -0.2) is 8.42 Å². The lowest BCUT2D eigenvalue weighted by molar-refractivity contribution is -0.119. The predicted molar refractivity (Wildman–Crippen MR) is 132 cm³/mol. The standard InChI is InChI=1S/C25H35N3O3S/c1-19(2)23-9-5-6-10-24(23)28(32(4,30)31)18-25(29)26-16-21-11-13-22(14-12-21)27-15-7-8-20(3)17-27/h5-6,9-14,19-20H,7-8,15-18H2,1-4H3,(H,26,29). The van der Waals surface area contributed by atoms with Crippen molar-refractivity contribution in [1.29, 1.82) is 0 Å². The topological polar surface area (TPSA) is 69.7 Å². The number of sulfonamides is 1. The highest BCUT2D eigenvalue weighted by Gasteiger charge is 2.24. The second-order valence-corrected chi connectivity index (χ2v) is 11.0. The fraction of sp³-hybridized carbons (Fsp3) is 0.480. The SMILES string of the molecule is CC1CCCN(c2ccc(CNC(=O)CN(c3ccccc3C(C)C)S(C)(=O)=O)cc2)C1. The minimum atomic E-state index is -3.61. The van der Waals surface area contributed by atoms with Gasteiger partial charge in [-0.05, 0) is 54.0 Å². The van der Waals surface area contributed by atoms with Crippen molar-refractivity contribution >= 4 is 27.3 Å². The lowest BCUT2D eigenvalue weighted by atomic mass is 9.99. The number of anilines is 2. The van der Waals surface area contributed by atoms with E-state index in [1.54, 1.807) is 12.1 Å². The molecule has 2 aromatic carbocycles. The predicted octanol–water partition coefficient (Wildman–Crippen LogP) is 4.13. The highest BCUT2D eigenvalue weighted by Crippen LogP contribution is 2.29. The van der Waals surface area contributed by atoms with Crippen LogP contribution in [0.5, 0.6) is 0 Å². The summed E-state index contributed by atoms with van der Waals surface area (Å²) in [4.78, 5) is 15.1. The molecule has 0 aromatic heterocycles. The quantitative estimate of drug-likeness (QED) is 0.647. The van der Waals surface area contributed by atoms with Crippen molar-refractivity contribution in [3.8, 4) is 0 Å². The molecule has 6 nitrogen and oxygen atoms in total. The summed E-state index contributed by atoms with van der Waals surface area (Å²) >= 11 is 0. The lowest BCUT2D eigenvalue weighted by Gasteiger charge is -2.32. The van der Waals surface area contributed by atoms with E-state index in [2.05, 4.69) is 29.3 Å². The van der Waals surface area contributed by atoms with E-state index in [1.165, 1.54) is 22.8 Å². The number of carbonyl (C=O) groups excluding carboxylic acids is 1. The highest BCUT2D eigenvalue weighted by atomic mass is 32.2. The molecule has 1 aliphatic heterocycles. The van der Waals surface area contributed by atoms with Crippen LogP contribution in [0.1, 0.15) is 50.7 Å². The molecule has 1 atom stereocenters. The van der Waals surface area contributed by atoms with Crippen molar-refractivity contribution in [2.24, 2.45) is 5.92 Å². The minimum Gasteiger partial charge on any atom is -0.371 e. The fourth-order valence-corrected chi connectivity index (χ4v) is 5.09. The molecule has 7 heteroatoms. The Morgan fingerprint density at radius 1 is 1.16 bits per heavy atom. The number of nitrogens with one attached hydrogen (secondary N) is 1. The molecule has 174 valence electrons. The second kappa shape index (κ2) is 10.4. The molecule has 1 heterocycles. The van der Waals surface area contributed by atoms with Crippen molar-refractivity contribution in [3.63, 3.8) is 0 Å². The van der Waals surface area contributed by atoms with Crippen LogP contribution in [0.25, 0.3) is 0 Å². The molecule has 0 spiro atoms. The average molecular weight is 458 g/mol. The molecular formula is C25H35N3O3S. The Labute approximate surface area is 192 Å². The molecule has 1 saturated heterocycles. The maximum atomic E-state index is 12.7. The first-order valence-corrected chi connectivity index (χ1v) is 13.2. The summed E-state index contributed by atoms with van der Waals surface area (Å²) in [7, 11) is -3.61. The number of carbonyl (C=O) groups is 1. The van der Waals surface area contributed by atoms with Gasteiger partial charge in [-0.3, -0.25) is 9.10 Å². The van der Waals surface area contributed by atoms with E-state index in [0.717, 1.165) is 30.5 Å². The summed E-state index contributed by atoms with van der Waals surface area (Å²) in [6.45, 7) is 8.58. The summed E-state index contributed by atoms with van der Waals surface area (Å²) in [5, 5.41) is 2.87. The molecular weight excluding hydrogens is 422 g/mol. The molecule has 3 rings (SSSR count). The molecule has 32 heavy (non-hydrogen) atoms. The van der Waals surface area contributed by atoms with Gasteiger partial charge < -0.3 is 10.2 Å². The number of hydrogen-bond donors (Lipinski definition) is 1. The zero-order chi connectivity index (χ0) is 23.3. The summed E-state index contributed by atoms with van der Waals surface area (Å²) in [6, 6.07) is 15.6. The van der Waals surface area contributed by atoms with Gasteiger partial charge in [0.1, 0.15) is 6.54 Å². The van der Waals surface area contributed by atoms with E-state index in [1.807, 2.05) is 38.1 Å². The number of rotatable bonds is 8. The first-order valence-electron chi connectivity index (χ1n) is 11.3. The maximum Gasteiger partial charge on any atom is 0.241 e. The van der Waals surface area contributed by atoms with Gasteiger partial charge in [0, 0.05) is 25.3 Å². The molecule has 0 bridgehead atoms. The van der Waals surface area contributed by atoms with Crippen LogP contribution in [0.4, 0.5) is 11.4 Å². The van der Waals surface area contributed by atoms with E-state index in [9.17, 15) is 13.2 Å². The third-order valence-electron chi connectivity index (χ3n) is 5.96. The zero-order valence-electron chi connectivity index (χ0n) is 19.5. The average Bonchev–Trinajstić information content (AvgIpc) is 2.75. The molecule has 0 radical (unpaired) electrons. The number of para-hydroxylation sites is 1. The number of benzene rings is 2. The van der Waals surface area contributed by atoms with Gasteiger partial charge in [0.2, 0.25) is 15.9 Å². The second-order valence-electron chi connectivity index (χ2n) is 9.12. The lowest BCUT2D eigenvalue weighted by Crippen LogP contribution is -2.40. The van der Waals surface area contributed by atoms with Gasteiger partial charge in [0.05, 0.1) is 11.9 Å². The van der Waals surface area contributed by atoms with E-state index in [4.69, 9.17) is 0 Å². The number of amides is 1. The third kappa shape index (κ3) is 6.25. The molecule has 1 aliphatic rings. The molecule has 1 fully saturated rings. The number of piperidine rings is 1. The van der Waals surface area contributed by atoms with E-state index < -0.39 is 10.0 Å². The maximum absolute atomic E-state index is 12.7. The molecule has 1 unspecified atom stereocenters. The minimum absolute atomic E-state index is 0.139. The molecule has 0 aliphatic carbocycles. The van der Waals surface area contributed by atoms with Crippen LogP contribution in [-0.4, -0.2) is 40.2 Å². The van der Waals surface area contributed by atoms with Crippen LogP contribution in [-0.2, 0) is 21.4 Å². The Hall–Kier alpha value is -2.54. The van der Waals surface area contributed by atoms with Gasteiger partial charge in [0.15, 0.2) is 0 Å². The zero-order valence-corrected chi connectivity index (χ0v) is 20.4. The van der Waals surface area contributed by atoms with Crippen molar-refractivity contribution in [2.45, 2.75) is 46.1 Å². The van der Waals surface area contributed by atoms with E-state index in [0.29, 0.717) is 18.2 Å². The Kier molecular flexibility index (Phi) is 7.82. The van der Waals surface area contributed by atoms with Crippen molar-refractivity contribution < 1.29 is 13.2 Å². The normalized spacial score (nSPS) is 16.8. The monoisotopic (exact) mass is 457 g/mol. The Balaban J connectivity index is 1.64. The Morgan fingerprint density at radius 2 is 1.84 bits per heavy atom. The first-order chi connectivity index (χ1) is 15.1. The highest BCUT2D eigenvalue weighted by molar-refractivity contribution is 7.92. The van der Waals surface area contributed by atoms with Crippen LogP contribution in [0.3, 0.4) is 0 Å². The van der Waals surface area contributed by atoms with Crippen LogP contribution in [0.2, 0.25) is 0 Å². The number of nitrogens with zero attached hydrogens (tertiary/aromatic N) is 2. The van der Waals surface area contributed by atoms with Crippen LogP contribution < -0.4 is 14.5 Å². The van der Waals surface area contributed by atoms with Crippen molar-refractivity contribution in [1.82, 2.24) is 5.32 Å². The summed E-state index contributed by atoms with van der Waals surface area (Å²) in [6.07, 6.45) is 3.64. The number of hydrogen-bond acceptors (Lipinski definition) is 4. The van der Waals surface area contributed by atoms with Gasteiger partial charge in [0.25, 0.3) is 0 Å². The molecule has 1 amide bonds. The van der Waals surface area contributed by atoms with E-state index >= 15 is 0 Å². The third-order valence-corrected chi connectivity index (χ3v) is 7.09. The fourth-order valence-electron chi connectivity index (χ4n) is 4.22. The van der Waals surface area contributed by atoms with Gasteiger partial charge >= 0.3 is 0 Å². The molecule has 1 N–H and O–H groups in total. The van der Waals surface area contributed by atoms with Crippen molar-refractivity contribution in [2.75, 3.05) is 35.1 Å². The van der Waals surface area contributed by atoms with Gasteiger partial charge in [-0.1, -0.05) is 51.1 Å². The van der Waals surface area contributed by atoms with Gasteiger partial charge in [-0.2, -0.15) is 0 Å². The Morgan fingerprint density at radius 3 is 2.47 bits per heavy atom. The Bertz CT molecular complexity index is 1020. The first kappa shape index (κ1) is 24.1.